The first-order chi connectivity index (χ1) is 8.22. The number of nitrogens with zero attached hydrogens (tertiary/aromatic N) is 2. The molecule has 0 aliphatic rings. The topological polar surface area (TPSA) is 27.1 Å². The second-order valence-corrected chi connectivity index (χ2v) is 4.61. The molecule has 0 spiro atoms. The summed E-state index contributed by atoms with van der Waals surface area (Å²) in [5.41, 5.74) is 1.14. The largest absolute Gasteiger partial charge is 0.485 e. The van der Waals surface area contributed by atoms with Gasteiger partial charge in [0.05, 0.1) is 6.20 Å². The van der Waals surface area contributed by atoms with E-state index in [9.17, 15) is 0 Å². The molecule has 0 saturated carbocycles. The summed E-state index contributed by atoms with van der Waals surface area (Å²) in [6, 6.07) is 8.00. The Bertz CT molecular complexity index is 508. The average molecular weight is 295 g/mol. The average Bonchev–Trinajstić information content (AvgIpc) is 2.69. The summed E-state index contributed by atoms with van der Waals surface area (Å²) >= 11 is 3.46. The van der Waals surface area contributed by atoms with Crippen LogP contribution in [0.5, 0.6) is 5.75 Å². The molecule has 0 amide bonds. The lowest BCUT2D eigenvalue weighted by Crippen LogP contribution is -2.06. The van der Waals surface area contributed by atoms with Crippen molar-refractivity contribution < 1.29 is 4.74 Å². The lowest BCUT2D eigenvalue weighted by Gasteiger charge is -2.10. The molecule has 0 unspecified atom stereocenters. The summed E-state index contributed by atoms with van der Waals surface area (Å²) in [5.74, 6) is 1.84. The van der Waals surface area contributed by atoms with Gasteiger partial charge in [-0.05, 0) is 41.4 Å². The zero-order valence-corrected chi connectivity index (χ0v) is 11.6. The van der Waals surface area contributed by atoms with Crippen LogP contribution in [0.4, 0.5) is 0 Å². The Hall–Kier alpha value is -1.29. The highest BCUT2D eigenvalue weighted by Gasteiger charge is 2.07. The van der Waals surface area contributed by atoms with E-state index in [1.54, 1.807) is 6.20 Å². The summed E-state index contributed by atoms with van der Waals surface area (Å²) in [4.78, 5) is 4.32. The van der Waals surface area contributed by atoms with E-state index in [4.69, 9.17) is 4.74 Å². The quantitative estimate of drug-likeness (QED) is 0.862. The third-order valence-electron chi connectivity index (χ3n) is 2.66. The highest BCUT2D eigenvalue weighted by Crippen LogP contribution is 2.19. The number of aromatic nitrogens is 2. The van der Waals surface area contributed by atoms with Gasteiger partial charge in [-0.3, -0.25) is 0 Å². The predicted octanol–water partition coefficient (Wildman–Crippen LogP) is 3.55. The van der Waals surface area contributed by atoms with Crippen LogP contribution in [-0.4, -0.2) is 9.55 Å². The van der Waals surface area contributed by atoms with Crippen molar-refractivity contribution in [3.05, 3.63) is 46.5 Å². The number of imidazole rings is 1. The van der Waals surface area contributed by atoms with Gasteiger partial charge in [0, 0.05) is 6.54 Å². The molecule has 0 atom stereocenters. The molecule has 3 nitrogen and oxygen atoms in total. The Morgan fingerprint density at radius 1 is 1.35 bits per heavy atom. The van der Waals surface area contributed by atoms with Gasteiger partial charge >= 0.3 is 0 Å². The van der Waals surface area contributed by atoms with Crippen molar-refractivity contribution in [3.8, 4) is 5.75 Å². The van der Waals surface area contributed by atoms with Crippen LogP contribution in [0.2, 0.25) is 0 Å². The third-order valence-corrected chi connectivity index (χ3v) is 3.29. The Morgan fingerprint density at radius 2 is 2.12 bits per heavy atom. The summed E-state index contributed by atoms with van der Waals surface area (Å²) in [6.45, 7) is 5.50. The van der Waals surface area contributed by atoms with Gasteiger partial charge in [0.15, 0.2) is 0 Å². The molecular weight excluding hydrogens is 280 g/mol. The van der Waals surface area contributed by atoms with Crippen LogP contribution in [0.25, 0.3) is 0 Å². The Labute approximate surface area is 110 Å². The lowest BCUT2D eigenvalue weighted by molar-refractivity contribution is 0.287. The summed E-state index contributed by atoms with van der Waals surface area (Å²) < 4.78 is 8.85. The van der Waals surface area contributed by atoms with Crippen molar-refractivity contribution in [2.45, 2.75) is 27.0 Å². The zero-order chi connectivity index (χ0) is 12.3. The summed E-state index contributed by atoms with van der Waals surface area (Å²) in [5, 5.41) is 0. The maximum atomic E-state index is 5.77. The van der Waals surface area contributed by atoms with Crippen molar-refractivity contribution in [2.75, 3.05) is 0 Å². The summed E-state index contributed by atoms with van der Waals surface area (Å²) in [7, 11) is 0. The number of hydrogen-bond donors (Lipinski definition) is 0. The number of halogens is 1. The second kappa shape index (κ2) is 5.36. The minimum atomic E-state index is 0.490. The van der Waals surface area contributed by atoms with Crippen molar-refractivity contribution in [3.63, 3.8) is 0 Å². The van der Waals surface area contributed by atoms with Crippen LogP contribution in [0.15, 0.2) is 35.1 Å². The molecule has 0 fully saturated rings. The van der Waals surface area contributed by atoms with Gasteiger partial charge < -0.3 is 9.30 Å². The van der Waals surface area contributed by atoms with Crippen molar-refractivity contribution >= 4 is 15.9 Å². The minimum Gasteiger partial charge on any atom is -0.485 e. The van der Waals surface area contributed by atoms with Gasteiger partial charge in [-0.25, -0.2) is 4.98 Å². The molecule has 2 rings (SSSR count). The molecule has 0 radical (unpaired) electrons. The summed E-state index contributed by atoms with van der Waals surface area (Å²) in [6.07, 6.45) is 1.81. The fourth-order valence-corrected chi connectivity index (χ4v) is 2.26. The highest BCUT2D eigenvalue weighted by atomic mass is 79.9. The minimum absolute atomic E-state index is 0.490. The molecule has 4 heteroatoms. The lowest BCUT2D eigenvalue weighted by atomic mass is 10.2. The van der Waals surface area contributed by atoms with Gasteiger partial charge in [0.2, 0.25) is 0 Å². The number of rotatable bonds is 4. The van der Waals surface area contributed by atoms with Crippen molar-refractivity contribution in [2.24, 2.45) is 0 Å². The van der Waals surface area contributed by atoms with E-state index >= 15 is 0 Å². The van der Waals surface area contributed by atoms with Crippen LogP contribution in [0.3, 0.4) is 0 Å². The number of aryl methyl sites for hydroxylation is 1. The fraction of sp³-hybridized carbons (Fsp3) is 0.308. The number of benzene rings is 1. The first-order valence-electron chi connectivity index (χ1n) is 5.60. The van der Waals surface area contributed by atoms with Crippen LogP contribution >= 0.6 is 15.9 Å². The Kier molecular flexibility index (Phi) is 3.84. The fourth-order valence-electron chi connectivity index (χ4n) is 1.70. The van der Waals surface area contributed by atoms with E-state index in [0.717, 1.165) is 28.3 Å². The van der Waals surface area contributed by atoms with Gasteiger partial charge in [0.25, 0.3) is 0 Å². The van der Waals surface area contributed by atoms with Crippen LogP contribution in [0, 0.1) is 6.92 Å². The molecule has 1 aromatic carbocycles. The number of ether oxygens (including phenoxy) is 1. The van der Waals surface area contributed by atoms with E-state index in [1.807, 2.05) is 31.2 Å². The van der Waals surface area contributed by atoms with E-state index in [-0.39, 0.29) is 0 Å². The molecule has 17 heavy (non-hydrogen) atoms. The maximum absolute atomic E-state index is 5.77. The first kappa shape index (κ1) is 12.2. The van der Waals surface area contributed by atoms with Crippen LogP contribution in [-0.2, 0) is 13.2 Å². The van der Waals surface area contributed by atoms with Crippen molar-refractivity contribution in [1.29, 1.82) is 0 Å². The molecule has 0 aliphatic carbocycles. The SMILES string of the molecule is CCn1c(Br)cnc1COc1ccccc1C. The van der Waals surface area contributed by atoms with Gasteiger partial charge in [-0.1, -0.05) is 18.2 Å². The molecular formula is C13H15BrN2O. The zero-order valence-electron chi connectivity index (χ0n) is 9.98. The van der Waals surface area contributed by atoms with Crippen LogP contribution in [0.1, 0.15) is 18.3 Å². The molecule has 1 aromatic heterocycles. The normalized spacial score (nSPS) is 10.5. The maximum Gasteiger partial charge on any atom is 0.147 e. The Morgan fingerprint density at radius 3 is 2.82 bits per heavy atom. The van der Waals surface area contributed by atoms with E-state index < -0.39 is 0 Å². The number of para-hydroxylation sites is 1. The van der Waals surface area contributed by atoms with Gasteiger partial charge in [-0.15, -0.1) is 0 Å². The monoisotopic (exact) mass is 294 g/mol. The van der Waals surface area contributed by atoms with E-state index in [2.05, 4.69) is 32.4 Å². The van der Waals surface area contributed by atoms with E-state index in [0.29, 0.717) is 6.61 Å². The molecule has 0 N–H and O–H groups in total. The molecule has 1 heterocycles. The predicted molar refractivity (Wildman–Crippen MR) is 71.1 cm³/mol. The Balaban J connectivity index is 2.10. The smallest absolute Gasteiger partial charge is 0.147 e. The van der Waals surface area contributed by atoms with Crippen LogP contribution < -0.4 is 4.74 Å². The standard InChI is InChI=1S/C13H15BrN2O/c1-3-16-12(14)8-15-13(16)9-17-11-7-5-4-6-10(11)2/h4-8H,3,9H2,1-2H3. The molecule has 2 aromatic rings. The number of hydrogen-bond acceptors (Lipinski definition) is 2. The van der Waals surface area contributed by atoms with Gasteiger partial charge in [0.1, 0.15) is 22.8 Å². The molecule has 0 aliphatic heterocycles. The second-order valence-electron chi connectivity index (χ2n) is 3.80. The third kappa shape index (κ3) is 2.69. The van der Waals surface area contributed by atoms with Crippen molar-refractivity contribution in [1.82, 2.24) is 9.55 Å². The highest BCUT2D eigenvalue weighted by molar-refractivity contribution is 9.10. The molecule has 0 bridgehead atoms. The molecule has 90 valence electrons. The first-order valence-corrected chi connectivity index (χ1v) is 6.40. The molecule has 0 saturated heterocycles. The van der Waals surface area contributed by atoms with E-state index in [1.165, 1.54) is 0 Å². The van der Waals surface area contributed by atoms with Gasteiger partial charge in [-0.2, -0.15) is 0 Å².